The predicted molar refractivity (Wildman–Crippen MR) is 80.9 cm³/mol. The molecule has 2 aromatic heterocycles. The Kier molecular flexibility index (Phi) is 4.19. The molecule has 0 unspecified atom stereocenters. The van der Waals surface area contributed by atoms with Crippen LogP contribution < -0.4 is 0 Å². The first-order valence-electron chi connectivity index (χ1n) is 7.54. The Hall–Kier alpha value is -1.83. The van der Waals surface area contributed by atoms with Gasteiger partial charge in [0.05, 0.1) is 11.6 Å². The zero-order chi connectivity index (χ0) is 15.7. The largest absolute Gasteiger partial charge is 0.339 e. The molecular weight excluding hydrogens is 302 g/mol. The zero-order valence-corrected chi connectivity index (χ0v) is 13.8. The first kappa shape index (κ1) is 15.1. The molecule has 0 radical (unpaired) electrons. The molecule has 0 atom stereocenters. The van der Waals surface area contributed by atoms with E-state index in [1.165, 1.54) is 11.5 Å². The van der Waals surface area contributed by atoms with E-state index in [1.807, 2.05) is 13.8 Å². The van der Waals surface area contributed by atoms with Crippen molar-refractivity contribution in [1.29, 1.82) is 0 Å². The molecule has 3 rings (SSSR count). The van der Waals surface area contributed by atoms with Crippen molar-refractivity contribution in [3.05, 3.63) is 22.3 Å². The molecule has 0 saturated carbocycles. The van der Waals surface area contributed by atoms with Gasteiger partial charge in [-0.3, -0.25) is 4.79 Å². The van der Waals surface area contributed by atoms with E-state index >= 15 is 0 Å². The molecule has 3 heterocycles. The van der Waals surface area contributed by atoms with Gasteiger partial charge in [-0.15, -0.1) is 5.10 Å². The summed E-state index contributed by atoms with van der Waals surface area (Å²) in [4.78, 5) is 19.3. The first-order valence-corrected chi connectivity index (χ1v) is 8.31. The smallest absolute Gasteiger partial charge is 0.267 e. The molecule has 8 heteroatoms. The predicted octanol–water partition coefficient (Wildman–Crippen LogP) is 2.24. The first-order chi connectivity index (χ1) is 10.6. The highest BCUT2D eigenvalue weighted by Crippen LogP contribution is 2.29. The number of carbonyl (C=O) groups is 1. The fraction of sp³-hybridized carbons (Fsp3) is 0.643. The lowest BCUT2D eigenvalue weighted by Gasteiger charge is -2.36. The van der Waals surface area contributed by atoms with E-state index in [2.05, 4.69) is 26.7 Å². The maximum absolute atomic E-state index is 12.5. The molecule has 1 amide bonds. The molecule has 1 fully saturated rings. The van der Waals surface area contributed by atoms with Crippen LogP contribution in [0.2, 0.25) is 0 Å². The van der Waals surface area contributed by atoms with E-state index in [9.17, 15) is 4.79 Å². The van der Waals surface area contributed by atoms with Crippen LogP contribution >= 0.6 is 11.5 Å². The minimum atomic E-state index is 0.0123. The van der Waals surface area contributed by atoms with Crippen molar-refractivity contribution in [1.82, 2.24) is 24.6 Å². The number of aromatic nitrogens is 4. The molecule has 0 aromatic carbocycles. The van der Waals surface area contributed by atoms with Crippen LogP contribution in [-0.4, -0.2) is 43.6 Å². The van der Waals surface area contributed by atoms with Crippen molar-refractivity contribution in [3.63, 3.8) is 0 Å². The topological polar surface area (TPSA) is 85.0 Å². The average Bonchev–Trinajstić information content (AvgIpc) is 3.06. The second-order valence-corrected chi connectivity index (χ2v) is 6.61. The monoisotopic (exact) mass is 321 g/mol. The van der Waals surface area contributed by atoms with Crippen molar-refractivity contribution in [2.24, 2.45) is 0 Å². The van der Waals surface area contributed by atoms with E-state index in [-0.39, 0.29) is 17.7 Å². The molecular formula is C14H19N5O2S. The van der Waals surface area contributed by atoms with Crippen molar-refractivity contribution < 1.29 is 9.32 Å². The third-order valence-corrected chi connectivity index (χ3v) is 4.48. The molecule has 0 bridgehead atoms. The molecule has 118 valence electrons. The summed E-state index contributed by atoms with van der Waals surface area (Å²) in [5.41, 5.74) is 0.806. The van der Waals surface area contributed by atoms with Gasteiger partial charge in [0.2, 0.25) is 5.89 Å². The standard InChI is InChI=1S/C14H19N5O2S/c1-4-5-10-11(22-18-16-10)14(20)19-6-9(7-19)13-15-12(8(2)3)17-21-13/h8-9H,4-7H2,1-3H3. The van der Waals surface area contributed by atoms with Crippen LogP contribution in [0.25, 0.3) is 0 Å². The fourth-order valence-corrected chi connectivity index (χ4v) is 3.04. The molecule has 0 spiro atoms. The second-order valence-electron chi connectivity index (χ2n) is 5.85. The van der Waals surface area contributed by atoms with Gasteiger partial charge in [-0.25, -0.2) is 0 Å². The number of amides is 1. The average molecular weight is 321 g/mol. The molecule has 7 nitrogen and oxygen atoms in total. The molecule has 2 aromatic rings. The molecule has 1 saturated heterocycles. The number of carbonyl (C=O) groups excluding carboxylic acids is 1. The summed E-state index contributed by atoms with van der Waals surface area (Å²) in [6, 6.07) is 0. The van der Waals surface area contributed by atoms with Crippen LogP contribution in [0.4, 0.5) is 0 Å². The number of hydrogen-bond donors (Lipinski definition) is 0. The highest BCUT2D eigenvalue weighted by molar-refractivity contribution is 7.08. The molecule has 0 aliphatic carbocycles. The maximum atomic E-state index is 12.5. The summed E-state index contributed by atoms with van der Waals surface area (Å²) in [5.74, 6) is 1.74. The normalized spacial score (nSPS) is 15.4. The number of likely N-dealkylation sites (tertiary alicyclic amines) is 1. The Labute approximate surface area is 132 Å². The summed E-state index contributed by atoms with van der Waals surface area (Å²) >= 11 is 1.18. The van der Waals surface area contributed by atoms with Crippen molar-refractivity contribution in [2.75, 3.05) is 13.1 Å². The van der Waals surface area contributed by atoms with Crippen molar-refractivity contribution in [3.8, 4) is 0 Å². The molecule has 22 heavy (non-hydrogen) atoms. The van der Waals surface area contributed by atoms with Crippen molar-refractivity contribution >= 4 is 17.4 Å². The minimum absolute atomic E-state index is 0.0123. The number of aryl methyl sites for hydroxylation is 1. The Bertz CT molecular complexity index is 660. The van der Waals surface area contributed by atoms with E-state index in [4.69, 9.17) is 4.52 Å². The Balaban J connectivity index is 1.62. The summed E-state index contributed by atoms with van der Waals surface area (Å²) in [5, 5.41) is 8.02. The van der Waals surface area contributed by atoms with Gasteiger partial charge < -0.3 is 9.42 Å². The van der Waals surface area contributed by atoms with Gasteiger partial charge in [-0.2, -0.15) is 4.98 Å². The third-order valence-electron chi connectivity index (χ3n) is 3.73. The van der Waals surface area contributed by atoms with Crippen LogP contribution in [0.1, 0.15) is 66.1 Å². The summed E-state index contributed by atoms with van der Waals surface area (Å²) in [6.45, 7) is 7.34. The summed E-state index contributed by atoms with van der Waals surface area (Å²) in [7, 11) is 0. The Morgan fingerprint density at radius 1 is 1.45 bits per heavy atom. The lowest BCUT2D eigenvalue weighted by atomic mass is 9.99. The van der Waals surface area contributed by atoms with E-state index < -0.39 is 0 Å². The maximum Gasteiger partial charge on any atom is 0.267 e. The van der Waals surface area contributed by atoms with Crippen LogP contribution in [-0.2, 0) is 6.42 Å². The SMILES string of the molecule is CCCc1nnsc1C(=O)N1CC(c2nc(C(C)C)no2)C1. The van der Waals surface area contributed by atoms with Gasteiger partial charge in [0.15, 0.2) is 5.82 Å². The van der Waals surface area contributed by atoms with Gasteiger partial charge >= 0.3 is 0 Å². The van der Waals surface area contributed by atoms with Gasteiger partial charge in [0, 0.05) is 19.0 Å². The highest BCUT2D eigenvalue weighted by Gasteiger charge is 2.37. The summed E-state index contributed by atoms with van der Waals surface area (Å²) in [6.07, 6.45) is 1.74. The Morgan fingerprint density at radius 2 is 2.23 bits per heavy atom. The fourth-order valence-electron chi connectivity index (χ4n) is 2.36. The van der Waals surface area contributed by atoms with Gasteiger partial charge in [-0.05, 0) is 18.0 Å². The summed E-state index contributed by atoms with van der Waals surface area (Å²) < 4.78 is 9.20. The number of rotatable bonds is 5. The van der Waals surface area contributed by atoms with Gasteiger partial charge in [0.25, 0.3) is 5.91 Å². The Morgan fingerprint density at radius 3 is 2.86 bits per heavy atom. The number of hydrogen-bond acceptors (Lipinski definition) is 7. The lowest BCUT2D eigenvalue weighted by molar-refractivity contribution is 0.0573. The van der Waals surface area contributed by atoms with Gasteiger partial charge in [-0.1, -0.05) is 36.8 Å². The lowest BCUT2D eigenvalue weighted by Crippen LogP contribution is -2.48. The zero-order valence-electron chi connectivity index (χ0n) is 12.9. The van der Waals surface area contributed by atoms with Crippen LogP contribution in [0.3, 0.4) is 0 Å². The quantitative estimate of drug-likeness (QED) is 0.839. The van der Waals surface area contributed by atoms with Crippen LogP contribution in [0.15, 0.2) is 4.52 Å². The molecule has 0 N–H and O–H groups in total. The van der Waals surface area contributed by atoms with E-state index in [0.29, 0.717) is 23.9 Å². The van der Waals surface area contributed by atoms with Crippen LogP contribution in [0, 0.1) is 0 Å². The van der Waals surface area contributed by atoms with E-state index in [0.717, 1.165) is 24.4 Å². The van der Waals surface area contributed by atoms with Crippen LogP contribution in [0.5, 0.6) is 0 Å². The van der Waals surface area contributed by atoms with Gasteiger partial charge in [0.1, 0.15) is 4.88 Å². The highest BCUT2D eigenvalue weighted by atomic mass is 32.1. The van der Waals surface area contributed by atoms with E-state index in [1.54, 1.807) is 4.90 Å². The van der Waals surface area contributed by atoms with Crippen molar-refractivity contribution in [2.45, 2.75) is 45.4 Å². The molecule has 1 aliphatic rings. The number of nitrogens with zero attached hydrogens (tertiary/aromatic N) is 5. The molecule has 1 aliphatic heterocycles. The minimum Gasteiger partial charge on any atom is -0.339 e. The third kappa shape index (κ3) is 2.75. The second kappa shape index (κ2) is 6.12.